The lowest BCUT2D eigenvalue weighted by atomic mass is 10.0. The van der Waals surface area contributed by atoms with Crippen LogP contribution in [0, 0.1) is 6.92 Å². The summed E-state index contributed by atoms with van der Waals surface area (Å²) in [7, 11) is 0. The molecule has 2 heteroatoms. The van der Waals surface area contributed by atoms with Crippen LogP contribution in [-0.2, 0) is 4.74 Å². The zero-order valence-electron chi connectivity index (χ0n) is 10.2. The van der Waals surface area contributed by atoms with E-state index in [0.717, 1.165) is 13.2 Å². The van der Waals surface area contributed by atoms with E-state index in [2.05, 4.69) is 43.4 Å². The Morgan fingerprint density at radius 3 is 2.69 bits per heavy atom. The second kappa shape index (κ2) is 5.46. The molecule has 0 amide bonds. The van der Waals surface area contributed by atoms with Crippen LogP contribution in [0.25, 0.3) is 0 Å². The van der Waals surface area contributed by atoms with Crippen molar-refractivity contribution in [3.63, 3.8) is 0 Å². The lowest BCUT2D eigenvalue weighted by Gasteiger charge is -2.27. The van der Waals surface area contributed by atoms with E-state index in [0.29, 0.717) is 12.1 Å². The molecular weight excluding hydrogens is 198 g/mol. The van der Waals surface area contributed by atoms with E-state index in [-0.39, 0.29) is 0 Å². The summed E-state index contributed by atoms with van der Waals surface area (Å²) in [5, 5.41) is 3.63. The number of hydrogen-bond acceptors (Lipinski definition) is 2. The molecule has 1 aromatic carbocycles. The number of rotatable bonds is 3. The van der Waals surface area contributed by atoms with Gasteiger partial charge in [0.05, 0.1) is 6.61 Å². The van der Waals surface area contributed by atoms with Crippen LogP contribution in [0.3, 0.4) is 0 Å². The van der Waals surface area contributed by atoms with Gasteiger partial charge < -0.3 is 10.1 Å². The Balaban J connectivity index is 1.91. The monoisotopic (exact) mass is 219 g/mol. The van der Waals surface area contributed by atoms with Crippen LogP contribution in [-0.4, -0.2) is 19.3 Å². The predicted octanol–water partition coefficient (Wildman–Crippen LogP) is 2.82. The highest BCUT2D eigenvalue weighted by Crippen LogP contribution is 2.16. The molecule has 0 radical (unpaired) electrons. The summed E-state index contributed by atoms with van der Waals surface area (Å²) < 4.78 is 5.48. The second-order valence-electron chi connectivity index (χ2n) is 4.71. The zero-order chi connectivity index (χ0) is 11.4. The molecule has 16 heavy (non-hydrogen) atoms. The van der Waals surface area contributed by atoms with Crippen molar-refractivity contribution in [2.45, 2.75) is 38.8 Å². The normalized spacial score (nSPS) is 23.0. The Hall–Kier alpha value is -0.860. The molecule has 1 aliphatic heterocycles. The maximum atomic E-state index is 5.48. The van der Waals surface area contributed by atoms with Crippen LogP contribution in [0.4, 0.5) is 0 Å². The fourth-order valence-electron chi connectivity index (χ4n) is 2.18. The second-order valence-corrected chi connectivity index (χ2v) is 4.71. The van der Waals surface area contributed by atoms with Gasteiger partial charge in [-0.05, 0) is 32.3 Å². The van der Waals surface area contributed by atoms with Crippen molar-refractivity contribution in [1.82, 2.24) is 5.32 Å². The summed E-state index contributed by atoms with van der Waals surface area (Å²) in [5.41, 5.74) is 2.67. The third-order valence-corrected chi connectivity index (χ3v) is 3.22. The predicted molar refractivity (Wildman–Crippen MR) is 66.6 cm³/mol. The Labute approximate surface area is 98.0 Å². The molecule has 1 saturated heterocycles. The zero-order valence-corrected chi connectivity index (χ0v) is 10.2. The van der Waals surface area contributed by atoms with Crippen LogP contribution in [0.15, 0.2) is 24.3 Å². The molecular formula is C14H21NO. The van der Waals surface area contributed by atoms with Gasteiger partial charge in [-0.3, -0.25) is 0 Å². The summed E-state index contributed by atoms with van der Waals surface area (Å²) in [6, 6.07) is 9.68. The van der Waals surface area contributed by atoms with E-state index in [1.807, 2.05) is 0 Å². The van der Waals surface area contributed by atoms with Crippen LogP contribution in [0.2, 0.25) is 0 Å². The summed E-state index contributed by atoms with van der Waals surface area (Å²) >= 11 is 0. The van der Waals surface area contributed by atoms with Gasteiger partial charge in [0, 0.05) is 18.7 Å². The molecule has 2 nitrogen and oxygen atoms in total. The molecule has 1 fully saturated rings. The smallest absolute Gasteiger partial charge is 0.0619 e. The van der Waals surface area contributed by atoms with Gasteiger partial charge in [-0.1, -0.05) is 29.8 Å². The molecule has 1 N–H and O–H groups in total. The lowest BCUT2D eigenvalue weighted by molar-refractivity contribution is 0.0671. The minimum atomic E-state index is 0.410. The van der Waals surface area contributed by atoms with E-state index < -0.39 is 0 Å². The Bertz CT molecular complexity index is 314. The van der Waals surface area contributed by atoms with Gasteiger partial charge in [0.15, 0.2) is 0 Å². The van der Waals surface area contributed by atoms with Gasteiger partial charge in [-0.15, -0.1) is 0 Å². The number of hydrogen-bond donors (Lipinski definition) is 1. The average Bonchev–Trinajstić information content (AvgIpc) is 2.31. The fourth-order valence-corrected chi connectivity index (χ4v) is 2.18. The maximum Gasteiger partial charge on any atom is 0.0619 e. The Morgan fingerprint density at radius 2 is 2.06 bits per heavy atom. The van der Waals surface area contributed by atoms with Gasteiger partial charge in [0.1, 0.15) is 0 Å². The molecule has 1 unspecified atom stereocenters. The van der Waals surface area contributed by atoms with E-state index in [4.69, 9.17) is 4.74 Å². The number of ether oxygens (including phenoxy) is 1. The minimum absolute atomic E-state index is 0.410. The number of aryl methyl sites for hydroxylation is 1. The van der Waals surface area contributed by atoms with Gasteiger partial charge in [0.25, 0.3) is 0 Å². The molecule has 2 atom stereocenters. The molecule has 1 aromatic rings. The highest BCUT2D eigenvalue weighted by atomic mass is 16.5. The first-order valence-corrected chi connectivity index (χ1v) is 6.16. The van der Waals surface area contributed by atoms with E-state index in [1.54, 1.807) is 0 Å². The van der Waals surface area contributed by atoms with Crippen LogP contribution in [0.5, 0.6) is 0 Å². The first-order valence-electron chi connectivity index (χ1n) is 6.16. The van der Waals surface area contributed by atoms with Crippen molar-refractivity contribution in [1.29, 1.82) is 0 Å². The van der Waals surface area contributed by atoms with E-state index in [9.17, 15) is 0 Å². The molecule has 88 valence electrons. The van der Waals surface area contributed by atoms with Gasteiger partial charge in [-0.25, -0.2) is 0 Å². The highest BCUT2D eigenvalue weighted by Gasteiger charge is 2.16. The van der Waals surface area contributed by atoms with Gasteiger partial charge in [0.2, 0.25) is 0 Å². The van der Waals surface area contributed by atoms with Gasteiger partial charge in [-0.2, -0.15) is 0 Å². The van der Waals surface area contributed by atoms with Crippen LogP contribution < -0.4 is 5.32 Å². The molecule has 0 aromatic heterocycles. The SMILES string of the molecule is Cc1ccc([C@H](C)NC2CCCOC2)cc1. The lowest BCUT2D eigenvalue weighted by Crippen LogP contribution is -2.38. The summed E-state index contributed by atoms with van der Waals surface area (Å²) in [6.45, 7) is 6.13. The minimum Gasteiger partial charge on any atom is -0.380 e. The Kier molecular flexibility index (Phi) is 3.97. The summed E-state index contributed by atoms with van der Waals surface area (Å²) in [4.78, 5) is 0. The van der Waals surface area contributed by atoms with Crippen molar-refractivity contribution in [3.05, 3.63) is 35.4 Å². The number of nitrogens with one attached hydrogen (secondary N) is 1. The first-order chi connectivity index (χ1) is 7.75. The van der Waals surface area contributed by atoms with Crippen LogP contribution in [0.1, 0.15) is 36.9 Å². The quantitative estimate of drug-likeness (QED) is 0.844. The molecule has 0 aliphatic carbocycles. The van der Waals surface area contributed by atoms with Crippen molar-refractivity contribution in [2.75, 3.05) is 13.2 Å². The standard InChI is InChI=1S/C14H21NO/c1-11-5-7-13(8-6-11)12(2)15-14-4-3-9-16-10-14/h5-8,12,14-15H,3-4,9-10H2,1-2H3/t12-,14?/m0/s1. The summed E-state index contributed by atoms with van der Waals surface area (Å²) in [6.07, 6.45) is 2.41. The topological polar surface area (TPSA) is 21.3 Å². The maximum absolute atomic E-state index is 5.48. The van der Waals surface area contributed by atoms with Crippen molar-refractivity contribution in [3.8, 4) is 0 Å². The first kappa shape index (κ1) is 11.6. The molecule has 0 spiro atoms. The van der Waals surface area contributed by atoms with E-state index in [1.165, 1.54) is 24.0 Å². The average molecular weight is 219 g/mol. The highest BCUT2D eigenvalue weighted by molar-refractivity contribution is 5.23. The van der Waals surface area contributed by atoms with Crippen LogP contribution >= 0.6 is 0 Å². The molecule has 0 bridgehead atoms. The fraction of sp³-hybridized carbons (Fsp3) is 0.571. The molecule has 0 saturated carbocycles. The number of benzene rings is 1. The molecule has 1 aliphatic rings. The largest absolute Gasteiger partial charge is 0.380 e. The molecule has 2 rings (SSSR count). The molecule has 1 heterocycles. The van der Waals surface area contributed by atoms with Gasteiger partial charge >= 0.3 is 0 Å². The van der Waals surface area contributed by atoms with E-state index >= 15 is 0 Å². The summed E-state index contributed by atoms with van der Waals surface area (Å²) in [5.74, 6) is 0. The third kappa shape index (κ3) is 3.06. The van der Waals surface area contributed by atoms with Crippen molar-refractivity contribution in [2.24, 2.45) is 0 Å². The third-order valence-electron chi connectivity index (χ3n) is 3.22. The van der Waals surface area contributed by atoms with Crippen molar-refractivity contribution >= 4 is 0 Å². The van der Waals surface area contributed by atoms with Crippen molar-refractivity contribution < 1.29 is 4.74 Å². The Morgan fingerprint density at radius 1 is 1.31 bits per heavy atom.